The molecule has 0 radical (unpaired) electrons. The third kappa shape index (κ3) is 1.63. The number of nitrogens with one attached hydrogen (secondary N) is 1. The lowest BCUT2D eigenvalue weighted by Crippen LogP contribution is -2.14. The van der Waals surface area contributed by atoms with Gasteiger partial charge < -0.3 is 5.32 Å². The summed E-state index contributed by atoms with van der Waals surface area (Å²) in [6, 6.07) is 8.72. The van der Waals surface area contributed by atoms with E-state index < -0.39 is 0 Å². The summed E-state index contributed by atoms with van der Waals surface area (Å²) in [6.07, 6.45) is 6.25. The number of hydrogen-bond acceptors (Lipinski definition) is 1. The van der Waals surface area contributed by atoms with Gasteiger partial charge in [-0.3, -0.25) is 0 Å². The fourth-order valence-corrected chi connectivity index (χ4v) is 2.23. The quantitative estimate of drug-likeness (QED) is 0.789. The van der Waals surface area contributed by atoms with Crippen LogP contribution in [0.25, 0.3) is 5.57 Å². The molecule has 0 amide bonds. The van der Waals surface area contributed by atoms with E-state index in [0.29, 0.717) is 0 Å². The van der Waals surface area contributed by atoms with Gasteiger partial charge in [0.1, 0.15) is 0 Å². The highest BCUT2D eigenvalue weighted by Gasteiger charge is 2.27. The topological polar surface area (TPSA) is 12.0 Å². The standard InChI is InChI=1S/C15H17N/c1-4-5-8-13-11(2)12-9-6-7-10-14(12)15(13)16-3/h4-10,15-16H,2H2,1,3H3/b5-4-,13-8+. The largest absolute Gasteiger partial charge is 0.309 e. The number of hydrogen-bond donors (Lipinski definition) is 1. The molecular formula is C15H17N. The highest BCUT2D eigenvalue weighted by atomic mass is 14.9. The van der Waals surface area contributed by atoms with Gasteiger partial charge in [0.2, 0.25) is 0 Å². The van der Waals surface area contributed by atoms with Gasteiger partial charge in [0, 0.05) is 0 Å². The summed E-state index contributed by atoms with van der Waals surface area (Å²) in [4.78, 5) is 0. The van der Waals surface area contributed by atoms with Crippen molar-refractivity contribution in [3.63, 3.8) is 0 Å². The van der Waals surface area contributed by atoms with Crippen LogP contribution >= 0.6 is 0 Å². The Hall–Kier alpha value is -1.60. The van der Waals surface area contributed by atoms with Gasteiger partial charge in [0.05, 0.1) is 6.04 Å². The molecule has 1 unspecified atom stereocenters. The third-order valence-corrected chi connectivity index (χ3v) is 3.01. The molecule has 1 nitrogen and oxygen atoms in total. The van der Waals surface area contributed by atoms with Gasteiger partial charge in [0.15, 0.2) is 0 Å². The molecule has 16 heavy (non-hydrogen) atoms. The first-order chi connectivity index (χ1) is 7.79. The van der Waals surface area contributed by atoms with Crippen molar-refractivity contribution < 1.29 is 0 Å². The Kier molecular flexibility index (Phi) is 3.07. The first kappa shape index (κ1) is 10.9. The van der Waals surface area contributed by atoms with Crippen molar-refractivity contribution in [1.29, 1.82) is 0 Å². The van der Waals surface area contributed by atoms with E-state index in [2.05, 4.69) is 48.3 Å². The van der Waals surface area contributed by atoms with Gasteiger partial charge in [-0.25, -0.2) is 0 Å². The Morgan fingerprint density at radius 3 is 2.75 bits per heavy atom. The van der Waals surface area contributed by atoms with Crippen LogP contribution in [-0.2, 0) is 0 Å². The van der Waals surface area contributed by atoms with Crippen molar-refractivity contribution >= 4 is 5.57 Å². The molecule has 0 fully saturated rings. The number of rotatable bonds is 2. The first-order valence-electron chi connectivity index (χ1n) is 5.58. The lowest BCUT2D eigenvalue weighted by atomic mass is 10.1. The van der Waals surface area contributed by atoms with Crippen molar-refractivity contribution in [2.75, 3.05) is 7.05 Å². The minimum Gasteiger partial charge on any atom is -0.309 e. The summed E-state index contributed by atoms with van der Waals surface area (Å²) in [5.41, 5.74) is 4.98. The van der Waals surface area contributed by atoms with Crippen molar-refractivity contribution in [2.24, 2.45) is 0 Å². The van der Waals surface area contributed by atoms with Crippen LogP contribution in [-0.4, -0.2) is 7.05 Å². The second kappa shape index (κ2) is 4.50. The molecule has 0 aromatic heterocycles. The summed E-state index contributed by atoms with van der Waals surface area (Å²) >= 11 is 0. The van der Waals surface area contributed by atoms with Crippen LogP contribution in [0.5, 0.6) is 0 Å². The zero-order chi connectivity index (χ0) is 11.5. The van der Waals surface area contributed by atoms with Gasteiger partial charge in [0.25, 0.3) is 0 Å². The van der Waals surface area contributed by atoms with Gasteiger partial charge in [-0.1, -0.05) is 49.1 Å². The lowest BCUT2D eigenvalue weighted by molar-refractivity contribution is 0.708. The van der Waals surface area contributed by atoms with Crippen LogP contribution < -0.4 is 5.32 Å². The summed E-state index contributed by atoms with van der Waals surface area (Å²) in [7, 11) is 1.99. The van der Waals surface area contributed by atoms with Gasteiger partial charge >= 0.3 is 0 Å². The molecule has 1 aromatic carbocycles. The molecule has 1 heteroatoms. The van der Waals surface area contributed by atoms with E-state index in [1.54, 1.807) is 0 Å². The van der Waals surface area contributed by atoms with Gasteiger partial charge in [-0.05, 0) is 36.2 Å². The van der Waals surface area contributed by atoms with E-state index in [4.69, 9.17) is 0 Å². The van der Waals surface area contributed by atoms with Crippen LogP contribution in [0.2, 0.25) is 0 Å². The maximum absolute atomic E-state index is 4.19. The maximum Gasteiger partial charge on any atom is 0.0586 e. The molecule has 1 atom stereocenters. The second-order valence-electron chi connectivity index (χ2n) is 3.94. The predicted molar refractivity (Wildman–Crippen MR) is 70.2 cm³/mol. The minimum atomic E-state index is 0.278. The fraction of sp³-hybridized carbons (Fsp3) is 0.200. The number of likely N-dealkylation sites (N-methyl/N-ethyl adjacent to an activating group) is 1. The van der Waals surface area contributed by atoms with Crippen LogP contribution in [0.4, 0.5) is 0 Å². The number of allylic oxidation sites excluding steroid dienone is 3. The summed E-state index contributed by atoms with van der Waals surface area (Å²) in [5, 5.41) is 3.35. The zero-order valence-corrected chi connectivity index (χ0v) is 9.83. The monoisotopic (exact) mass is 211 g/mol. The van der Waals surface area contributed by atoms with E-state index in [1.807, 2.05) is 20.0 Å². The van der Waals surface area contributed by atoms with Crippen LogP contribution in [0, 0.1) is 0 Å². The Labute approximate surface area is 97.2 Å². The highest BCUT2D eigenvalue weighted by Crippen LogP contribution is 2.42. The molecular weight excluding hydrogens is 194 g/mol. The molecule has 0 saturated carbocycles. The Morgan fingerprint density at radius 1 is 1.31 bits per heavy atom. The minimum absolute atomic E-state index is 0.278. The normalized spacial score (nSPS) is 22.0. The molecule has 0 heterocycles. The van der Waals surface area contributed by atoms with Crippen LogP contribution in [0.15, 0.2) is 54.6 Å². The zero-order valence-electron chi connectivity index (χ0n) is 9.83. The molecule has 1 N–H and O–H groups in total. The SMILES string of the molecule is C=C1/C(=C\C=C/C)C(NC)c2ccccc21. The van der Waals surface area contributed by atoms with E-state index in [-0.39, 0.29) is 6.04 Å². The smallest absolute Gasteiger partial charge is 0.0586 e. The molecule has 1 aliphatic rings. The van der Waals surface area contributed by atoms with Crippen molar-refractivity contribution in [3.8, 4) is 0 Å². The van der Waals surface area contributed by atoms with Crippen molar-refractivity contribution in [3.05, 3.63) is 65.8 Å². The fourth-order valence-electron chi connectivity index (χ4n) is 2.23. The third-order valence-electron chi connectivity index (χ3n) is 3.01. The summed E-state index contributed by atoms with van der Waals surface area (Å²) in [6.45, 7) is 6.21. The molecule has 1 aromatic rings. The van der Waals surface area contributed by atoms with E-state index in [9.17, 15) is 0 Å². The average molecular weight is 211 g/mol. The maximum atomic E-state index is 4.19. The van der Waals surface area contributed by atoms with Gasteiger partial charge in [-0.15, -0.1) is 0 Å². The van der Waals surface area contributed by atoms with Crippen molar-refractivity contribution in [1.82, 2.24) is 5.32 Å². The van der Waals surface area contributed by atoms with E-state index in [0.717, 1.165) is 5.57 Å². The molecule has 1 aliphatic carbocycles. The van der Waals surface area contributed by atoms with Crippen LogP contribution in [0.1, 0.15) is 24.1 Å². The Morgan fingerprint density at radius 2 is 2.06 bits per heavy atom. The molecule has 0 saturated heterocycles. The molecule has 0 bridgehead atoms. The summed E-state index contributed by atoms with van der Waals surface area (Å²) < 4.78 is 0. The average Bonchev–Trinajstić information content (AvgIpc) is 2.60. The van der Waals surface area contributed by atoms with E-state index >= 15 is 0 Å². The highest BCUT2D eigenvalue weighted by molar-refractivity contribution is 5.86. The summed E-state index contributed by atoms with van der Waals surface area (Å²) in [5.74, 6) is 0. The van der Waals surface area contributed by atoms with Crippen molar-refractivity contribution in [2.45, 2.75) is 13.0 Å². The van der Waals surface area contributed by atoms with E-state index in [1.165, 1.54) is 16.7 Å². The molecule has 0 aliphatic heterocycles. The second-order valence-corrected chi connectivity index (χ2v) is 3.94. The lowest BCUT2D eigenvalue weighted by Gasteiger charge is -2.11. The van der Waals surface area contributed by atoms with Gasteiger partial charge in [-0.2, -0.15) is 0 Å². The Balaban J connectivity index is 2.51. The van der Waals surface area contributed by atoms with Crippen LogP contribution in [0.3, 0.4) is 0 Å². The predicted octanol–water partition coefficient (Wildman–Crippen LogP) is 3.48. The Bertz CT molecular complexity index is 466. The first-order valence-corrected chi connectivity index (χ1v) is 5.58. The molecule has 2 rings (SSSR count). The number of fused-ring (bicyclic) bond motifs is 1. The number of benzene rings is 1. The molecule has 0 spiro atoms. The molecule has 82 valence electrons.